The van der Waals surface area contributed by atoms with Gasteiger partial charge in [0, 0.05) is 12.8 Å². The van der Waals surface area contributed by atoms with E-state index in [2.05, 4.69) is 185 Å². The van der Waals surface area contributed by atoms with Crippen molar-refractivity contribution >= 4 is 61.6 Å². The van der Waals surface area contributed by atoms with Crippen molar-refractivity contribution in [1.82, 2.24) is 0 Å². The molecule has 0 fully saturated rings. The molecule has 10 rings (SSSR count). The van der Waals surface area contributed by atoms with Crippen LogP contribution < -0.4 is 0 Å². The summed E-state index contributed by atoms with van der Waals surface area (Å²) in [5.74, 6) is 0. The SMILES string of the molecule is CC1=C([Si](C)(C)C2=C(C)[CH]c3cccc(-c4cccc5cc6ccccc6cc45)c32)c2c(cccc2-c2cccc3cc4ccccc4cc23)[CH]1. The van der Waals surface area contributed by atoms with E-state index in [4.69, 9.17) is 0 Å². The Kier molecular flexibility index (Phi) is 6.69. The van der Waals surface area contributed by atoms with Crippen LogP contribution >= 0.6 is 0 Å². The van der Waals surface area contributed by atoms with Crippen LogP contribution in [-0.2, 0) is 0 Å². The molecule has 0 aliphatic heterocycles. The topological polar surface area (TPSA) is 0 Å². The van der Waals surface area contributed by atoms with Crippen LogP contribution in [0.2, 0.25) is 13.1 Å². The zero-order valence-corrected chi connectivity index (χ0v) is 30.5. The van der Waals surface area contributed by atoms with Crippen LogP contribution in [0.1, 0.15) is 36.1 Å². The number of allylic oxidation sites excluding steroid dienone is 2. The van der Waals surface area contributed by atoms with Gasteiger partial charge < -0.3 is 0 Å². The van der Waals surface area contributed by atoms with Crippen molar-refractivity contribution in [3.8, 4) is 22.3 Å². The number of benzene rings is 8. The minimum Gasteiger partial charge on any atom is -0.0646 e. The van der Waals surface area contributed by atoms with Gasteiger partial charge in [-0.25, -0.2) is 0 Å². The van der Waals surface area contributed by atoms with Crippen molar-refractivity contribution in [2.24, 2.45) is 0 Å². The summed E-state index contributed by atoms with van der Waals surface area (Å²) in [6.07, 6.45) is 4.89. The summed E-state index contributed by atoms with van der Waals surface area (Å²) in [6, 6.07) is 54.5. The summed E-state index contributed by atoms with van der Waals surface area (Å²) in [6.45, 7) is 9.89. The van der Waals surface area contributed by atoms with Crippen molar-refractivity contribution < 1.29 is 0 Å². The van der Waals surface area contributed by atoms with Crippen LogP contribution in [0.4, 0.5) is 0 Å². The third kappa shape index (κ3) is 4.58. The van der Waals surface area contributed by atoms with Gasteiger partial charge in [0.1, 0.15) is 8.07 Å². The molecule has 0 atom stereocenters. The quantitative estimate of drug-likeness (QED) is 0.130. The fourth-order valence-corrected chi connectivity index (χ4v) is 13.7. The van der Waals surface area contributed by atoms with Crippen LogP contribution in [0.25, 0.3) is 75.7 Å². The summed E-state index contributed by atoms with van der Waals surface area (Å²) in [7, 11) is -2.32. The first kappa shape index (κ1) is 30.3. The molecule has 0 N–H and O–H groups in total. The van der Waals surface area contributed by atoms with Crippen LogP contribution in [0.15, 0.2) is 157 Å². The van der Waals surface area contributed by atoms with Gasteiger partial charge in [0.15, 0.2) is 0 Å². The summed E-state index contributed by atoms with van der Waals surface area (Å²) in [5.41, 5.74) is 13.6. The monoisotopic (exact) mass is 666 g/mol. The predicted molar refractivity (Wildman–Crippen MR) is 223 cm³/mol. The Morgan fingerprint density at radius 3 is 1.14 bits per heavy atom. The second-order valence-electron chi connectivity index (χ2n) is 15.0. The lowest BCUT2D eigenvalue weighted by atomic mass is 9.91. The molecular formula is C50H38Si. The molecule has 51 heavy (non-hydrogen) atoms. The zero-order chi connectivity index (χ0) is 34.4. The highest BCUT2D eigenvalue weighted by molar-refractivity contribution is 7.09. The van der Waals surface area contributed by atoms with E-state index in [1.807, 2.05) is 0 Å². The average Bonchev–Trinajstić information content (AvgIpc) is 3.69. The molecule has 0 bridgehead atoms. The third-order valence-electron chi connectivity index (χ3n) is 11.5. The second-order valence-corrected chi connectivity index (χ2v) is 19.3. The van der Waals surface area contributed by atoms with Crippen molar-refractivity contribution in [3.63, 3.8) is 0 Å². The minimum absolute atomic E-state index is 1.28. The molecule has 0 unspecified atom stereocenters. The van der Waals surface area contributed by atoms with Gasteiger partial charge in [0.2, 0.25) is 0 Å². The number of rotatable bonds is 4. The van der Waals surface area contributed by atoms with Gasteiger partial charge in [0.05, 0.1) is 0 Å². The highest BCUT2D eigenvalue weighted by Crippen LogP contribution is 2.54. The fraction of sp³-hybridized carbons (Fsp3) is 0.0800. The molecule has 0 heterocycles. The van der Waals surface area contributed by atoms with E-state index in [-0.39, 0.29) is 0 Å². The van der Waals surface area contributed by atoms with E-state index >= 15 is 0 Å². The van der Waals surface area contributed by atoms with Crippen LogP contribution in [-0.4, -0.2) is 8.07 Å². The van der Waals surface area contributed by atoms with Gasteiger partial charge in [-0.1, -0.05) is 146 Å². The maximum absolute atomic E-state index is 2.59. The molecule has 2 aliphatic carbocycles. The molecule has 0 saturated carbocycles. The van der Waals surface area contributed by atoms with Crippen molar-refractivity contribution in [1.29, 1.82) is 0 Å². The lowest BCUT2D eigenvalue weighted by Crippen LogP contribution is -2.31. The van der Waals surface area contributed by atoms with Gasteiger partial charge in [0.25, 0.3) is 0 Å². The number of hydrogen-bond donors (Lipinski definition) is 0. The Bertz CT molecular complexity index is 2650. The first-order chi connectivity index (χ1) is 24.9. The van der Waals surface area contributed by atoms with Gasteiger partial charge >= 0.3 is 0 Å². The molecule has 8 aromatic carbocycles. The Morgan fingerprint density at radius 1 is 0.353 bits per heavy atom. The van der Waals surface area contributed by atoms with Crippen molar-refractivity contribution in [3.05, 3.63) is 192 Å². The summed E-state index contributed by atoms with van der Waals surface area (Å²) in [5, 5.41) is 13.4. The normalized spacial score (nSPS) is 14.4. The fourth-order valence-electron chi connectivity index (χ4n) is 9.53. The van der Waals surface area contributed by atoms with E-state index in [0.29, 0.717) is 0 Å². The Labute approximate surface area is 301 Å². The van der Waals surface area contributed by atoms with Gasteiger partial charge in [-0.3, -0.25) is 0 Å². The van der Waals surface area contributed by atoms with Gasteiger partial charge in [-0.05, 0) is 136 Å². The van der Waals surface area contributed by atoms with Crippen molar-refractivity contribution in [2.75, 3.05) is 0 Å². The van der Waals surface area contributed by atoms with E-state index in [1.54, 1.807) is 10.4 Å². The molecule has 2 aliphatic rings. The third-order valence-corrected chi connectivity index (χ3v) is 15.3. The first-order valence-electron chi connectivity index (χ1n) is 18.1. The minimum atomic E-state index is -2.32. The first-order valence-corrected chi connectivity index (χ1v) is 21.1. The lowest BCUT2D eigenvalue weighted by molar-refractivity contribution is 1.44. The van der Waals surface area contributed by atoms with Crippen LogP contribution in [0.3, 0.4) is 0 Å². The van der Waals surface area contributed by atoms with E-state index in [1.165, 1.54) is 98.7 Å². The Hall–Kier alpha value is -5.50. The highest BCUT2D eigenvalue weighted by Gasteiger charge is 2.42. The molecule has 242 valence electrons. The molecule has 0 amide bonds. The Morgan fingerprint density at radius 2 is 0.706 bits per heavy atom. The molecule has 2 radical (unpaired) electrons. The van der Waals surface area contributed by atoms with E-state index in [0.717, 1.165) is 0 Å². The van der Waals surface area contributed by atoms with Gasteiger partial charge in [-0.15, -0.1) is 0 Å². The zero-order valence-electron chi connectivity index (χ0n) is 29.5. The Balaban J connectivity index is 1.17. The van der Waals surface area contributed by atoms with Crippen molar-refractivity contribution in [2.45, 2.75) is 26.9 Å². The summed E-state index contributed by atoms with van der Waals surface area (Å²) in [4.78, 5) is 0. The summed E-state index contributed by atoms with van der Waals surface area (Å²) >= 11 is 0. The molecule has 1 heteroatoms. The molecular weight excluding hydrogens is 629 g/mol. The largest absolute Gasteiger partial charge is 0.113 e. The highest BCUT2D eigenvalue weighted by atomic mass is 28.3. The molecule has 0 saturated heterocycles. The lowest BCUT2D eigenvalue weighted by Gasteiger charge is -2.32. The van der Waals surface area contributed by atoms with Crippen LogP contribution in [0, 0.1) is 12.8 Å². The molecule has 0 spiro atoms. The smallest absolute Gasteiger partial charge is 0.0646 e. The van der Waals surface area contributed by atoms with Crippen LogP contribution in [0.5, 0.6) is 0 Å². The maximum atomic E-state index is 2.59. The predicted octanol–water partition coefficient (Wildman–Crippen LogP) is 13.8. The molecule has 0 aromatic heterocycles. The second kappa shape index (κ2) is 11.3. The molecule has 8 aromatic rings. The standard InChI is InChI=1S/C50H38Si/c1-31-25-39-19-11-23-43(41-21-9-17-37-27-33-13-5-7-15-35(33)29-45(37)41)47(39)49(31)51(3,4)50-32(2)26-40-20-12-24-44(48(40)50)42-22-10-18-38-28-34-14-6-8-16-36(34)30-46(38)42/h5-30H,1-4H3. The van der Waals surface area contributed by atoms with E-state index < -0.39 is 8.07 Å². The number of fused-ring (bicyclic) bond motifs is 6. The maximum Gasteiger partial charge on any atom is 0.113 e. The summed E-state index contributed by atoms with van der Waals surface area (Å²) < 4.78 is 0. The van der Waals surface area contributed by atoms with E-state index in [9.17, 15) is 0 Å². The number of hydrogen-bond acceptors (Lipinski definition) is 0. The average molecular weight is 667 g/mol. The molecule has 0 nitrogen and oxygen atoms in total. The van der Waals surface area contributed by atoms with Gasteiger partial charge in [-0.2, -0.15) is 0 Å².